The Morgan fingerprint density at radius 1 is 1.12 bits per heavy atom. The van der Waals surface area contributed by atoms with Crippen molar-refractivity contribution >= 4 is 17.8 Å². The number of benzene rings is 1. The summed E-state index contributed by atoms with van der Waals surface area (Å²) in [6.45, 7) is 1.52. The van der Waals surface area contributed by atoms with Gasteiger partial charge in [-0.1, -0.05) is 25.0 Å². The van der Waals surface area contributed by atoms with Crippen LogP contribution in [-0.4, -0.2) is 53.9 Å². The normalized spacial score (nSPS) is 17.5. The molecule has 0 unspecified atom stereocenters. The van der Waals surface area contributed by atoms with Crippen molar-refractivity contribution in [2.24, 2.45) is 11.7 Å². The molecule has 2 N–H and O–H groups in total. The Bertz CT molecular complexity index is 976. The molecule has 0 radical (unpaired) electrons. The van der Waals surface area contributed by atoms with Crippen molar-refractivity contribution in [2.75, 3.05) is 32.1 Å². The highest BCUT2D eigenvalue weighted by Crippen LogP contribution is 2.36. The summed E-state index contributed by atoms with van der Waals surface area (Å²) in [6.07, 6.45) is 9.23. The molecular weight excluding hydrogens is 402 g/mol. The first-order valence-corrected chi connectivity index (χ1v) is 11.6. The number of primary amides is 1. The van der Waals surface area contributed by atoms with Crippen molar-refractivity contribution in [1.82, 2.24) is 14.9 Å². The summed E-state index contributed by atoms with van der Waals surface area (Å²) in [5.41, 5.74) is 8.76. The molecule has 0 atom stereocenters. The molecule has 1 aliphatic heterocycles. The summed E-state index contributed by atoms with van der Waals surface area (Å²) < 4.78 is 0. The van der Waals surface area contributed by atoms with E-state index in [0.29, 0.717) is 29.8 Å². The maximum atomic E-state index is 12.8. The Balaban J connectivity index is 1.54. The molecule has 32 heavy (non-hydrogen) atoms. The van der Waals surface area contributed by atoms with Crippen LogP contribution in [-0.2, 0) is 4.79 Å². The van der Waals surface area contributed by atoms with Gasteiger partial charge < -0.3 is 15.5 Å². The smallest absolute Gasteiger partial charge is 0.248 e. The SMILES string of the molecule is CN(C)c1ncc(-c2cccc(C(N)=O)c2)c(C2CCN(C(=O)CC3CCCC3)CC2)n1. The third kappa shape index (κ3) is 4.92. The summed E-state index contributed by atoms with van der Waals surface area (Å²) in [5.74, 6) is 1.33. The number of likely N-dealkylation sites (tertiary alicyclic amines) is 1. The second-order valence-corrected chi connectivity index (χ2v) is 9.32. The molecule has 170 valence electrons. The molecule has 2 amide bonds. The molecule has 1 saturated carbocycles. The van der Waals surface area contributed by atoms with Gasteiger partial charge in [0.2, 0.25) is 17.8 Å². The zero-order chi connectivity index (χ0) is 22.7. The van der Waals surface area contributed by atoms with Crippen molar-refractivity contribution in [2.45, 2.75) is 50.9 Å². The molecule has 1 aromatic carbocycles. The third-order valence-corrected chi connectivity index (χ3v) is 6.84. The van der Waals surface area contributed by atoms with Crippen molar-refractivity contribution in [3.05, 3.63) is 41.7 Å². The van der Waals surface area contributed by atoms with Gasteiger partial charge in [0.1, 0.15) is 0 Å². The number of anilines is 1. The van der Waals surface area contributed by atoms with E-state index in [9.17, 15) is 9.59 Å². The monoisotopic (exact) mass is 435 g/mol. The molecule has 7 heteroatoms. The molecule has 1 saturated heterocycles. The van der Waals surface area contributed by atoms with Gasteiger partial charge in [0.25, 0.3) is 0 Å². The lowest BCUT2D eigenvalue weighted by Gasteiger charge is -2.33. The highest BCUT2D eigenvalue weighted by Gasteiger charge is 2.29. The van der Waals surface area contributed by atoms with Gasteiger partial charge in [-0.25, -0.2) is 9.97 Å². The average molecular weight is 436 g/mol. The Morgan fingerprint density at radius 2 is 1.84 bits per heavy atom. The van der Waals surface area contributed by atoms with Gasteiger partial charge in [-0.15, -0.1) is 0 Å². The first-order valence-electron chi connectivity index (χ1n) is 11.6. The number of nitrogens with zero attached hydrogens (tertiary/aromatic N) is 4. The molecule has 0 spiro atoms. The molecule has 2 heterocycles. The summed E-state index contributed by atoms with van der Waals surface area (Å²) in [5, 5.41) is 0. The number of nitrogens with two attached hydrogens (primary N) is 1. The lowest BCUT2D eigenvalue weighted by Crippen LogP contribution is -2.38. The molecule has 7 nitrogen and oxygen atoms in total. The van der Waals surface area contributed by atoms with E-state index in [1.54, 1.807) is 12.1 Å². The van der Waals surface area contributed by atoms with Crippen LogP contribution in [0.5, 0.6) is 0 Å². The van der Waals surface area contributed by atoms with Crippen LogP contribution < -0.4 is 10.6 Å². The van der Waals surface area contributed by atoms with Crippen LogP contribution in [0.1, 0.15) is 66.9 Å². The molecule has 2 fully saturated rings. The Morgan fingerprint density at radius 3 is 2.50 bits per heavy atom. The predicted octanol–water partition coefficient (Wildman–Crippen LogP) is 3.59. The van der Waals surface area contributed by atoms with Gasteiger partial charge in [0.15, 0.2) is 0 Å². The number of hydrogen-bond donors (Lipinski definition) is 1. The van der Waals surface area contributed by atoms with E-state index < -0.39 is 5.91 Å². The van der Waals surface area contributed by atoms with Gasteiger partial charge in [-0.05, 0) is 49.3 Å². The topological polar surface area (TPSA) is 92.4 Å². The number of carbonyl (C=O) groups is 2. The number of rotatable bonds is 6. The Kier molecular flexibility index (Phi) is 6.72. The fourth-order valence-corrected chi connectivity index (χ4v) is 4.97. The maximum Gasteiger partial charge on any atom is 0.248 e. The lowest BCUT2D eigenvalue weighted by molar-refractivity contribution is -0.133. The quantitative estimate of drug-likeness (QED) is 0.748. The maximum absolute atomic E-state index is 12.8. The summed E-state index contributed by atoms with van der Waals surface area (Å²) in [7, 11) is 3.85. The van der Waals surface area contributed by atoms with Crippen LogP contribution in [0.25, 0.3) is 11.1 Å². The number of aromatic nitrogens is 2. The van der Waals surface area contributed by atoms with Gasteiger partial charge >= 0.3 is 0 Å². The molecular formula is C25H33N5O2. The predicted molar refractivity (Wildman–Crippen MR) is 125 cm³/mol. The minimum absolute atomic E-state index is 0.236. The standard InChI is InChI=1S/C25H33N5O2/c1-29(2)25-27-16-21(19-8-5-9-20(15-19)24(26)32)23(28-25)18-10-12-30(13-11-18)22(31)14-17-6-3-4-7-17/h5,8-9,15-18H,3-4,6-7,10-14H2,1-2H3,(H2,26,32). The first kappa shape index (κ1) is 22.2. The summed E-state index contributed by atoms with van der Waals surface area (Å²) >= 11 is 0. The van der Waals surface area contributed by atoms with E-state index in [0.717, 1.165) is 42.8 Å². The Hall–Kier alpha value is -2.96. The van der Waals surface area contributed by atoms with E-state index in [-0.39, 0.29) is 5.92 Å². The van der Waals surface area contributed by atoms with E-state index in [2.05, 4.69) is 4.98 Å². The first-order chi connectivity index (χ1) is 15.4. The third-order valence-electron chi connectivity index (χ3n) is 6.84. The van der Waals surface area contributed by atoms with Crippen molar-refractivity contribution in [3.8, 4) is 11.1 Å². The fourth-order valence-electron chi connectivity index (χ4n) is 4.97. The molecule has 1 aliphatic carbocycles. The van der Waals surface area contributed by atoms with Crippen LogP contribution in [0.4, 0.5) is 5.95 Å². The minimum atomic E-state index is -0.451. The molecule has 1 aromatic heterocycles. The van der Waals surface area contributed by atoms with E-state index in [1.165, 1.54) is 25.7 Å². The zero-order valence-corrected chi connectivity index (χ0v) is 19.1. The molecule has 2 aromatic rings. The van der Waals surface area contributed by atoms with Crippen LogP contribution in [0.15, 0.2) is 30.5 Å². The van der Waals surface area contributed by atoms with E-state index in [4.69, 9.17) is 10.7 Å². The molecule has 0 bridgehead atoms. The number of amides is 2. The highest BCUT2D eigenvalue weighted by molar-refractivity contribution is 5.94. The largest absolute Gasteiger partial charge is 0.366 e. The lowest BCUT2D eigenvalue weighted by atomic mass is 9.88. The Labute approximate surface area is 190 Å². The van der Waals surface area contributed by atoms with Gasteiger partial charge in [-0.2, -0.15) is 0 Å². The van der Waals surface area contributed by atoms with Crippen LogP contribution in [0, 0.1) is 5.92 Å². The van der Waals surface area contributed by atoms with Gasteiger partial charge in [0.05, 0.1) is 5.69 Å². The van der Waals surface area contributed by atoms with Crippen LogP contribution >= 0.6 is 0 Å². The second-order valence-electron chi connectivity index (χ2n) is 9.32. The number of hydrogen-bond acceptors (Lipinski definition) is 5. The summed E-state index contributed by atoms with van der Waals surface area (Å²) in [4.78, 5) is 37.8. The molecule has 2 aliphatic rings. The van der Waals surface area contributed by atoms with Crippen molar-refractivity contribution in [3.63, 3.8) is 0 Å². The van der Waals surface area contributed by atoms with Gasteiger partial charge in [0, 0.05) is 56.8 Å². The highest BCUT2D eigenvalue weighted by atomic mass is 16.2. The molecule has 4 rings (SSSR count). The number of piperidine rings is 1. The van der Waals surface area contributed by atoms with Crippen molar-refractivity contribution < 1.29 is 9.59 Å². The van der Waals surface area contributed by atoms with Crippen molar-refractivity contribution in [1.29, 1.82) is 0 Å². The van der Waals surface area contributed by atoms with E-state index >= 15 is 0 Å². The fraction of sp³-hybridized carbons (Fsp3) is 0.520. The van der Waals surface area contributed by atoms with Gasteiger partial charge in [-0.3, -0.25) is 9.59 Å². The zero-order valence-electron chi connectivity index (χ0n) is 19.1. The summed E-state index contributed by atoms with van der Waals surface area (Å²) in [6, 6.07) is 7.32. The van der Waals surface area contributed by atoms with Crippen LogP contribution in [0.3, 0.4) is 0 Å². The van der Waals surface area contributed by atoms with Crippen LogP contribution in [0.2, 0.25) is 0 Å². The van der Waals surface area contributed by atoms with E-state index in [1.807, 2.05) is 42.2 Å². The number of carbonyl (C=O) groups excluding carboxylic acids is 2. The average Bonchev–Trinajstić information content (AvgIpc) is 3.32. The second kappa shape index (κ2) is 9.67. The minimum Gasteiger partial charge on any atom is -0.366 e.